The summed E-state index contributed by atoms with van der Waals surface area (Å²) >= 11 is 1.51. The molecule has 3 aromatic rings. The summed E-state index contributed by atoms with van der Waals surface area (Å²) in [4.78, 5) is 42.8. The average molecular weight is 469 g/mol. The van der Waals surface area contributed by atoms with E-state index >= 15 is 0 Å². The SMILES string of the molecule is Cc1sc2ncn(CCC(=O)NCCc3ccc(OCC(=O)NC4CC4)cc3)c(=O)c2c1C. The van der Waals surface area contributed by atoms with Crippen LogP contribution in [0.4, 0.5) is 0 Å². The van der Waals surface area contributed by atoms with Crippen LogP contribution in [-0.4, -0.2) is 40.6 Å². The molecule has 2 heterocycles. The molecule has 2 N–H and O–H groups in total. The third-order valence-electron chi connectivity index (χ3n) is 5.71. The zero-order chi connectivity index (χ0) is 23.4. The van der Waals surface area contributed by atoms with Gasteiger partial charge in [0.15, 0.2) is 6.61 Å². The van der Waals surface area contributed by atoms with Crippen LogP contribution < -0.4 is 20.9 Å². The van der Waals surface area contributed by atoms with Gasteiger partial charge in [-0.1, -0.05) is 12.1 Å². The normalized spacial score (nSPS) is 13.2. The highest BCUT2D eigenvalue weighted by molar-refractivity contribution is 7.18. The van der Waals surface area contributed by atoms with Crippen LogP contribution in [-0.2, 0) is 22.6 Å². The number of aromatic nitrogens is 2. The molecule has 174 valence electrons. The molecule has 2 amide bonds. The van der Waals surface area contributed by atoms with Gasteiger partial charge in [0.2, 0.25) is 5.91 Å². The van der Waals surface area contributed by atoms with Crippen molar-refractivity contribution in [2.24, 2.45) is 0 Å². The number of ether oxygens (including phenoxy) is 1. The van der Waals surface area contributed by atoms with Crippen molar-refractivity contribution >= 4 is 33.4 Å². The summed E-state index contributed by atoms with van der Waals surface area (Å²) in [6.07, 6.45) is 4.51. The number of hydrogen-bond donors (Lipinski definition) is 2. The van der Waals surface area contributed by atoms with Gasteiger partial charge < -0.3 is 15.4 Å². The molecule has 9 heteroatoms. The molecule has 4 rings (SSSR count). The quantitative estimate of drug-likeness (QED) is 0.476. The summed E-state index contributed by atoms with van der Waals surface area (Å²) in [6.45, 7) is 4.72. The zero-order valence-corrected chi connectivity index (χ0v) is 19.7. The Hall–Kier alpha value is -3.20. The zero-order valence-electron chi connectivity index (χ0n) is 18.8. The van der Waals surface area contributed by atoms with Crippen LogP contribution >= 0.6 is 11.3 Å². The number of carbonyl (C=O) groups is 2. The lowest BCUT2D eigenvalue weighted by Crippen LogP contribution is -2.30. The van der Waals surface area contributed by atoms with Crippen molar-refractivity contribution in [2.45, 2.75) is 52.1 Å². The molecule has 8 nitrogen and oxygen atoms in total. The Labute approximate surface area is 196 Å². The predicted molar refractivity (Wildman–Crippen MR) is 128 cm³/mol. The lowest BCUT2D eigenvalue weighted by molar-refractivity contribution is -0.123. The first-order valence-electron chi connectivity index (χ1n) is 11.1. The number of aryl methyl sites for hydroxylation is 3. The first-order valence-corrected chi connectivity index (χ1v) is 12.0. The monoisotopic (exact) mass is 468 g/mol. The van der Waals surface area contributed by atoms with Crippen LogP contribution in [0.25, 0.3) is 10.2 Å². The highest BCUT2D eigenvalue weighted by Gasteiger charge is 2.23. The molecular weight excluding hydrogens is 440 g/mol. The van der Waals surface area contributed by atoms with Crippen LogP contribution in [0, 0.1) is 13.8 Å². The summed E-state index contributed by atoms with van der Waals surface area (Å²) < 4.78 is 7.00. The van der Waals surface area contributed by atoms with Gasteiger partial charge >= 0.3 is 0 Å². The fourth-order valence-corrected chi connectivity index (χ4v) is 4.47. The van der Waals surface area contributed by atoms with Crippen molar-refractivity contribution in [1.82, 2.24) is 20.2 Å². The largest absolute Gasteiger partial charge is 0.484 e. The predicted octanol–water partition coefficient (Wildman–Crippen LogP) is 2.48. The van der Waals surface area contributed by atoms with Gasteiger partial charge in [0.05, 0.1) is 11.7 Å². The van der Waals surface area contributed by atoms with E-state index in [1.165, 1.54) is 22.2 Å². The van der Waals surface area contributed by atoms with Gasteiger partial charge in [-0.25, -0.2) is 4.98 Å². The van der Waals surface area contributed by atoms with Gasteiger partial charge in [-0.2, -0.15) is 0 Å². The minimum atomic E-state index is -0.109. The van der Waals surface area contributed by atoms with Gasteiger partial charge in [-0.3, -0.25) is 19.0 Å². The molecule has 1 saturated carbocycles. The maximum Gasteiger partial charge on any atom is 0.262 e. The van der Waals surface area contributed by atoms with Crippen LogP contribution in [0.2, 0.25) is 0 Å². The number of benzene rings is 1. The third kappa shape index (κ3) is 5.98. The van der Waals surface area contributed by atoms with Crippen LogP contribution in [0.1, 0.15) is 35.3 Å². The molecule has 1 aliphatic carbocycles. The van der Waals surface area contributed by atoms with Crippen molar-refractivity contribution in [3.8, 4) is 5.75 Å². The molecule has 0 radical (unpaired) electrons. The second-order valence-corrected chi connectivity index (χ2v) is 9.53. The van der Waals surface area contributed by atoms with Crippen LogP contribution in [0.3, 0.4) is 0 Å². The van der Waals surface area contributed by atoms with Gasteiger partial charge in [-0.05, 0) is 56.4 Å². The molecule has 1 fully saturated rings. The Morgan fingerprint density at radius 2 is 1.94 bits per heavy atom. The van der Waals surface area contributed by atoms with E-state index in [4.69, 9.17) is 4.74 Å². The van der Waals surface area contributed by atoms with Gasteiger partial charge in [0.1, 0.15) is 10.6 Å². The maximum atomic E-state index is 12.7. The highest BCUT2D eigenvalue weighted by Crippen LogP contribution is 2.25. The van der Waals surface area contributed by atoms with E-state index in [-0.39, 0.29) is 30.4 Å². The van der Waals surface area contributed by atoms with E-state index < -0.39 is 0 Å². The number of amides is 2. The lowest BCUT2D eigenvalue weighted by atomic mass is 10.1. The number of thiophene rings is 1. The molecule has 0 atom stereocenters. The summed E-state index contributed by atoms with van der Waals surface area (Å²) in [6, 6.07) is 7.82. The fourth-order valence-electron chi connectivity index (χ4n) is 3.48. The van der Waals surface area contributed by atoms with E-state index in [2.05, 4.69) is 15.6 Å². The van der Waals surface area contributed by atoms with Crippen LogP contribution in [0.15, 0.2) is 35.4 Å². The van der Waals surface area contributed by atoms with Crippen molar-refractivity contribution in [3.05, 3.63) is 57.0 Å². The summed E-state index contributed by atoms with van der Waals surface area (Å²) in [5.41, 5.74) is 1.92. The van der Waals surface area contributed by atoms with Crippen molar-refractivity contribution in [2.75, 3.05) is 13.2 Å². The van der Waals surface area contributed by atoms with E-state index in [1.807, 2.05) is 38.1 Å². The minimum absolute atomic E-state index is 0.0169. The van der Waals surface area contributed by atoms with Crippen LogP contribution in [0.5, 0.6) is 5.75 Å². The Kier molecular flexibility index (Phi) is 7.08. The topological polar surface area (TPSA) is 102 Å². The van der Waals surface area contributed by atoms with Crippen molar-refractivity contribution in [3.63, 3.8) is 0 Å². The van der Waals surface area contributed by atoms with E-state index in [1.54, 1.807) is 0 Å². The molecule has 0 aliphatic heterocycles. The van der Waals surface area contributed by atoms with E-state index in [0.29, 0.717) is 36.7 Å². The molecule has 0 saturated heterocycles. The smallest absolute Gasteiger partial charge is 0.262 e. The number of carbonyl (C=O) groups excluding carboxylic acids is 2. The standard InChI is InChI=1S/C24H28N4O4S/c1-15-16(2)33-23-22(15)24(31)28(14-26-23)12-10-20(29)25-11-9-17-3-7-19(8-4-17)32-13-21(30)27-18-5-6-18/h3-4,7-8,14,18H,5-6,9-13H2,1-2H3,(H,25,29)(H,27,30). The van der Waals surface area contributed by atoms with Gasteiger partial charge in [0, 0.05) is 30.4 Å². The molecule has 1 aromatic carbocycles. The molecule has 2 aromatic heterocycles. The molecular formula is C24H28N4O4S. The molecule has 0 spiro atoms. The highest BCUT2D eigenvalue weighted by atomic mass is 32.1. The number of nitrogens with one attached hydrogen (secondary N) is 2. The fraction of sp³-hybridized carbons (Fsp3) is 0.417. The number of hydrogen-bond acceptors (Lipinski definition) is 6. The summed E-state index contributed by atoms with van der Waals surface area (Å²) in [5, 5.41) is 6.43. The summed E-state index contributed by atoms with van der Waals surface area (Å²) in [5.74, 6) is 0.436. The minimum Gasteiger partial charge on any atom is -0.484 e. The Balaban J connectivity index is 1.19. The molecule has 33 heavy (non-hydrogen) atoms. The second-order valence-electron chi connectivity index (χ2n) is 8.33. The first-order chi connectivity index (χ1) is 15.9. The van der Waals surface area contributed by atoms with Gasteiger partial charge in [-0.15, -0.1) is 11.3 Å². The molecule has 0 unspecified atom stereocenters. The average Bonchev–Trinajstić information content (AvgIpc) is 3.56. The molecule has 0 bridgehead atoms. The molecule has 1 aliphatic rings. The summed E-state index contributed by atoms with van der Waals surface area (Å²) in [7, 11) is 0. The van der Waals surface area contributed by atoms with E-state index in [0.717, 1.165) is 33.7 Å². The maximum absolute atomic E-state index is 12.7. The number of fused-ring (bicyclic) bond motifs is 1. The Bertz CT molecular complexity index is 1210. The van der Waals surface area contributed by atoms with Crippen molar-refractivity contribution < 1.29 is 14.3 Å². The third-order valence-corrected chi connectivity index (χ3v) is 6.82. The number of rotatable bonds is 10. The Morgan fingerprint density at radius 3 is 2.67 bits per heavy atom. The number of nitrogens with zero attached hydrogens (tertiary/aromatic N) is 2. The van der Waals surface area contributed by atoms with Crippen molar-refractivity contribution in [1.29, 1.82) is 0 Å². The Morgan fingerprint density at radius 1 is 1.18 bits per heavy atom. The lowest BCUT2D eigenvalue weighted by Gasteiger charge is -2.09. The van der Waals surface area contributed by atoms with E-state index in [9.17, 15) is 14.4 Å². The second kappa shape index (κ2) is 10.2. The van der Waals surface area contributed by atoms with Gasteiger partial charge in [0.25, 0.3) is 11.5 Å². The first kappa shape index (κ1) is 23.0.